The Morgan fingerprint density at radius 2 is 0.500 bits per heavy atom. The Morgan fingerprint density at radius 1 is 0.292 bits per heavy atom. The summed E-state index contributed by atoms with van der Waals surface area (Å²) < 4.78 is 48.2. The van der Waals surface area contributed by atoms with Crippen molar-refractivity contribution in [3.05, 3.63) is 0 Å². The summed E-state index contributed by atoms with van der Waals surface area (Å²) in [5.41, 5.74) is -0.821. The van der Waals surface area contributed by atoms with Crippen molar-refractivity contribution in [3.63, 3.8) is 0 Å². The SMILES string of the molecule is CCCCCCCCCCCCN1CCOCCOCCN(CCCNC(=O)CNC23CNCCNCC(NCC(=O)NCCCN4CCOCCOCCN(CCCCCCCCCCCC)CCOCCOCC4)(CNCCNC2)CNCCNC3)CCOCCOCC1. The number of nitrogens with one attached hydrogen (secondary N) is 10. The third-order valence-corrected chi connectivity index (χ3v) is 19.0. The average Bonchev–Trinajstić information content (AvgIpc) is 0.924. The predicted molar refractivity (Wildman–Crippen MR) is 390 cm³/mol. The number of nitrogens with zero attached hydrogens (tertiary/aromatic N) is 4. The minimum Gasteiger partial charge on any atom is -0.378 e. The van der Waals surface area contributed by atoms with Crippen molar-refractivity contribution in [3.8, 4) is 0 Å². The number of hydrogen-bond acceptors (Lipinski definition) is 22. The van der Waals surface area contributed by atoms with Crippen molar-refractivity contribution in [2.75, 3.05) is 289 Å². The quantitative estimate of drug-likeness (QED) is 0.0405. The molecule has 566 valence electrons. The van der Waals surface area contributed by atoms with E-state index in [-0.39, 0.29) is 24.9 Å². The number of amides is 2. The molecule has 0 aromatic carbocycles. The van der Waals surface area contributed by atoms with Gasteiger partial charge in [-0.05, 0) is 51.9 Å². The molecular formula is C72H148N14O10. The van der Waals surface area contributed by atoms with Crippen LogP contribution in [0, 0.1) is 0 Å². The Hall–Kier alpha value is -1.86. The van der Waals surface area contributed by atoms with Gasteiger partial charge in [-0.1, -0.05) is 129 Å². The van der Waals surface area contributed by atoms with Crippen molar-refractivity contribution in [2.24, 2.45) is 0 Å². The van der Waals surface area contributed by atoms with Crippen molar-refractivity contribution in [2.45, 2.75) is 166 Å². The molecule has 0 spiro atoms. The second-order valence-corrected chi connectivity index (χ2v) is 27.4. The van der Waals surface area contributed by atoms with Crippen molar-refractivity contribution >= 4 is 11.8 Å². The van der Waals surface area contributed by atoms with Gasteiger partial charge in [0.15, 0.2) is 0 Å². The Balaban J connectivity index is 1.09. The van der Waals surface area contributed by atoms with Crippen LogP contribution in [-0.4, -0.2) is 331 Å². The summed E-state index contributed by atoms with van der Waals surface area (Å²) in [7, 11) is 0. The zero-order valence-corrected chi connectivity index (χ0v) is 61.5. The standard InChI is InChI=1S/C72H148N14O10/c1-3-5-7-9-11-13-15-17-19-21-33-83-37-45-89-53-57-93-49-41-85(42-50-94-58-54-90-46-38-83)35-23-25-79-69(87)61-81-71-63-73-27-30-76-66-72(67-77-31-28-74-64-71,68-78-32-29-75-65-71)82-62-70(88)80-26-24-36-86-43-51-95-59-55-91-47-39-84(40-48-92-56-60-96-52-44-86)34-22-20-18-16-14-12-10-8-6-4-2/h73-78,81-82H,3-68H2,1-2H3,(H,79,87)(H,80,88). The number of fused-ring (bicyclic) bond motifs is 15. The number of ether oxygens (including phenoxy) is 8. The molecule has 0 aromatic heterocycles. The Morgan fingerprint density at radius 3 is 0.729 bits per heavy atom. The van der Waals surface area contributed by atoms with Gasteiger partial charge >= 0.3 is 0 Å². The maximum Gasteiger partial charge on any atom is 0.233 e. The summed E-state index contributed by atoms with van der Waals surface area (Å²) in [4.78, 5) is 36.7. The smallest absolute Gasteiger partial charge is 0.233 e. The lowest BCUT2D eigenvalue weighted by molar-refractivity contribution is -0.121. The molecule has 5 aliphatic rings. The fourth-order valence-electron chi connectivity index (χ4n) is 12.8. The highest BCUT2D eigenvalue weighted by atomic mass is 16.5. The molecule has 0 unspecified atom stereocenters. The first kappa shape index (κ1) is 86.5. The van der Waals surface area contributed by atoms with Crippen LogP contribution in [0.15, 0.2) is 0 Å². The van der Waals surface area contributed by atoms with Crippen molar-refractivity contribution in [1.82, 2.24) is 72.8 Å². The lowest BCUT2D eigenvalue weighted by Crippen LogP contribution is -2.68. The molecule has 0 radical (unpaired) electrons. The first-order valence-electron chi connectivity index (χ1n) is 39.2. The number of carbonyl (C=O) groups excluding carboxylic acids is 2. The summed E-state index contributed by atoms with van der Waals surface area (Å²) in [5, 5.41) is 36.0. The molecule has 24 heteroatoms. The van der Waals surface area contributed by atoms with E-state index in [0.29, 0.717) is 158 Å². The van der Waals surface area contributed by atoms with Crippen LogP contribution in [0.1, 0.15) is 155 Å². The van der Waals surface area contributed by atoms with Crippen molar-refractivity contribution in [1.29, 1.82) is 0 Å². The van der Waals surface area contributed by atoms with E-state index in [2.05, 4.69) is 86.6 Å². The van der Waals surface area contributed by atoms with E-state index >= 15 is 0 Å². The van der Waals surface area contributed by atoms with Gasteiger partial charge in [0.25, 0.3) is 0 Å². The van der Waals surface area contributed by atoms with Crippen LogP contribution >= 0.6 is 0 Å². The van der Waals surface area contributed by atoms with Gasteiger partial charge in [0.05, 0.1) is 130 Å². The third kappa shape index (κ3) is 48.9. The molecule has 5 heterocycles. The number of carbonyl (C=O) groups is 2. The number of unbranched alkanes of at least 4 members (excludes halogenated alkanes) is 18. The van der Waals surface area contributed by atoms with Crippen LogP contribution in [0.4, 0.5) is 0 Å². The summed E-state index contributed by atoms with van der Waals surface area (Å²) in [6.45, 7) is 35.3. The van der Waals surface area contributed by atoms with E-state index in [1.165, 1.54) is 128 Å². The van der Waals surface area contributed by atoms with Crippen molar-refractivity contribution < 1.29 is 47.5 Å². The largest absolute Gasteiger partial charge is 0.378 e. The minimum atomic E-state index is -0.411. The van der Waals surface area contributed by atoms with Crippen LogP contribution in [0.3, 0.4) is 0 Å². The van der Waals surface area contributed by atoms with E-state index in [0.717, 1.165) is 131 Å². The van der Waals surface area contributed by atoms with Gasteiger partial charge in [-0.15, -0.1) is 0 Å². The van der Waals surface area contributed by atoms with E-state index in [1.54, 1.807) is 0 Å². The normalized spacial score (nSPS) is 23.4. The molecule has 5 saturated heterocycles. The molecule has 0 aliphatic carbocycles. The summed E-state index contributed by atoms with van der Waals surface area (Å²) in [6, 6.07) is 0. The lowest BCUT2D eigenvalue weighted by atomic mass is 9.97. The fraction of sp³-hybridized carbons (Fsp3) is 0.972. The van der Waals surface area contributed by atoms with Crippen LogP contribution < -0.4 is 53.2 Å². The summed E-state index contributed by atoms with van der Waals surface area (Å²) >= 11 is 0. The van der Waals surface area contributed by atoms with Crippen LogP contribution in [0.2, 0.25) is 0 Å². The monoisotopic (exact) mass is 1370 g/mol. The van der Waals surface area contributed by atoms with Gasteiger partial charge in [0.1, 0.15) is 0 Å². The molecule has 0 saturated carbocycles. The maximum absolute atomic E-state index is 13.5. The van der Waals surface area contributed by atoms with Gasteiger partial charge in [0, 0.05) is 144 Å². The topological polar surface area (TPSA) is 241 Å². The van der Waals surface area contributed by atoms with Gasteiger partial charge < -0.3 is 80.4 Å². The lowest BCUT2D eigenvalue weighted by Gasteiger charge is -2.39. The van der Waals surface area contributed by atoms with E-state index in [4.69, 9.17) is 37.9 Å². The zero-order chi connectivity index (χ0) is 67.9. The molecule has 5 aliphatic heterocycles. The molecule has 24 nitrogen and oxygen atoms in total. The highest BCUT2D eigenvalue weighted by Gasteiger charge is 2.33. The first-order valence-corrected chi connectivity index (χ1v) is 39.2. The molecule has 5 rings (SSSR count). The average molecular weight is 1370 g/mol. The molecule has 10 N–H and O–H groups in total. The van der Waals surface area contributed by atoms with Crippen LogP contribution in [-0.2, 0) is 47.5 Å². The molecule has 0 atom stereocenters. The summed E-state index contributed by atoms with van der Waals surface area (Å²) in [5.74, 6) is -0.0278. The fourth-order valence-corrected chi connectivity index (χ4v) is 12.8. The molecule has 5 fully saturated rings. The first-order chi connectivity index (χ1) is 47.4. The Labute approximate surface area is 584 Å². The van der Waals surface area contributed by atoms with Gasteiger partial charge in [-0.2, -0.15) is 0 Å². The molecule has 0 aromatic rings. The Bertz CT molecular complexity index is 1540. The molecule has 2 bridgehead atoms. The third-order valence-electron chi connectivity index (χ3n) is 19.0. The number of rotatable bonds is 36. The minimum absolute atomic E-state index is 0.0139. The van der Waals surface area contributed by atoms with Crippen LogP contribution in [0.5, 0.6) is 0 Å². The Kier molecular flexibility index (Phi) is 56.7. The molecule has 2 amide bonds. The maximum atomic E-state index is 13.5. The summed E-state index contributed by atoms with van der Waals surface area (Å²) in [6.07, 6.45) is 28.6. The second kappa shape index (κ2) is 62.9. The highest BCUT2D eigenvalue weighted by Crippen LogP contribution is 2.14. The van der Waals surface area contributed by atoms with Gasteiger partial charge in [0.2, 0.25) is 11.8 Å². The number of hydrogen-bond donors (Lipinski definition) is 10. The van der Waals surface area contributed by atoms with E-state index in [9.17, 15) is 9.59 Å². The highest BCUT2D eigenvalue weighted by molar-refractivity contribution is 5.78. The molecular weight excluding hydrogens is 1220 g/mol. The van der Waals surface area contributed by atoms with Gasteiger partial charge in [-0.3, -0.25) is 39.8 Å². The zero-order valence-electron chi connectivity index (χ0n) is 61.5. The molecule has 96 heavy (non-hydrogen) atoms. The van der Waals surface area contributed by atoms with Crippen LogP contribution in [0.25, 0.3) is 0 Å². The second-order valence-electron chi connectivity index (χ2n) is 27.4. The van der Waals surface area contributed by atoms with E-state index < -0.39 is 11.1 Å². The predicted octanol–water partition coefficient (Wildman–Crippen LogP) is 3.43. The van der Waals surface area contributed by atoms with Gasteiger partial charge in [-0.25, -0.2) is 0 Å². The van der Waals surface area contributed by atoms with E-state index in [1.807, 2.05) is 0 Å².